The molecular weight excluding hydrogens is 299 g/mol. The molecule has 2 aliphatic rings. The second kappa shape index (κ2) is 4.03. The van der Waals surface area contributed by atoms with Crippen molar-refractivity contribution in [2.75, 3.05) is 0 Å². The molecule has 0 fully saturated rings. The van der Waals surface area contributed by atoms with Gasteiger partial charge >= 0.3 is 109 Å². The summed E-state index contributed by atoms with van der Waals surface area (Å²) in [4.78, 5) is 0. The van der Waals surface area contributed by atoms with Crippen molar-refractivity contribution in [3.63, 3.8) is 0 Å². The fourth-order valence-corrected chi connectivity index (χ4v) is 20.2. The van der Waals surface area contributed by atoms with Crippen LogP contribution in [0.1, 0.15) is 27.2 Å². The molecule has 17 heavy (non-hydrogen) atoms. The third-order valence-corrected chi connectivity index (χ3v) is 21.8. The van der Waals surface area contributed by atoms with Gasteiger partial charge < -0.3 is 0 Å². The van der Waals surface area contributed by atoms with Crippen LogP contribution in [0.5, 0.6) is 0 Å². The van der Waals surface area contributed by atoms with Crippen molar-refractivity contribution in [1.82, 2.24) is 0 Å². The third kappa shape index (κ3) is 2.08. The van der Waals surface area contributed by atoms with E-state index in [2.05, 4.69) is 61.2 Å². The second-order valence-corrected chi connectivity index (χ2v) is 35.3. The monoisotopic (exact) mass is 322 g/mol. The third-order valence-electron chi connectivity index (χ3n) is 4.62. The first-order chi connectivity index (χ1) is 7.72. The molecule has 0 aromatic heterocycles. The fourth-order valence-electron chi connectivity index (χ4n) is 3.68. The molecule has 0 radical (unpaired) electrons. The van der Waals surface area contributed by atoms with Crippen LogP contribution >= 0.6 is 0 Å². The maximum absolute atomic E-state index is 2.82. The van der Waals surface area contributed by atoms with Crippen LogP contribution in [-0.2, 0) is 17.4 Å². The summed E-state index contributed by atoms with van der Waals surface area (Å²) in [7, 11) is 0. The summed E-state index contributed by atoms with van der Waals surface area (Å²) in [5.74, 6) is 0.662. The minimum atomic E-state index is -2.82. The summed E-state index contributed by atoms with van der Waals surface area (Å²) in [6, 6.07) is 0. The van der Waals surface area contributed by atoms with Crippen LogP contribution in [0.15, 0.2) is 42.0 Å². The van der Waals surface area contributed by atoms with Gasteiger partial charge in [-0.15, -0.1) is 0 Å². The maximum atomic E-state index is 2.61. The van der Waals surface area contributed by atoms with Crippen molar-refractivity contribution in [3.8, 4) is 0 Å². The van der Waals surface area contributed by atoms with Crippen molar-refractivity contribution in [2.45, 2.75) is 36.5 Å². The van der Waals surface area contributed by atoms with Gasteiger partial charge in [-0.25, -0.2) is 0 Å². The van der Waals surface area contributed by atoms with Crippen molar-refractivity contribution >= 4 is 6.88 Å². The Morgan fingerprint density at radius 3 is 2.35 bits per heavy atom. The van der Waals surface area contributed by atoms with E-state index in [0.29, 0.717) is 5.92 Å². The summed E-state index contributed by atoms with van der Waals surface area (Å²) < 4.78 is 8.80. The van der Waals surface area contributed by atoms with Gasteiger partial charge in [0.1, 0.15) is 0 Å². The molecule has 92 valence electrons. The number of rotatable bonds is 2. The molecule has 1 atom stereocenters. The first-order valence-electron chi connectivity index (χ1n) is 6.56. The Hall–Kier alpha value is 0.0600. The van der Waals surface area contributed by atoms with Crippen LogP contribution in [0.4, 0.5) is 0 Å². The van der Waals surface area contributed by atoms with Crippen LogP contribution < -0.4 is 0 Å². The van der Waals surface area contributed by atoms with E-state index in [0.717, 1.165) is 0 Å². The van der Waals surface area contributed by atoms with Crippen LogP contribution in [0.2, 0.25) is 9.26 Å². The van der Waals surface area contributed by atoms with E-state index in [1.54, 1.807) is 8.85 Å². The van der Waals surface area contributed by atoms with Gasteiger partial charge in [-0.05, 0) is 0 Å². The van der Waals surface area contributed by atoms with Crippen molar-refractivity contribution in [1.29, 1.82) is 0 Å². The number of hydrogen-bond acceptors (Lipinski definition) is 0. The van der Waals surface area contributed by atoms with Crippen molar-refractivity contribution in [2.24, 2.45) is 5.92 Å². The van der Waals surface area contributed by atoms with Gasteiger partial charge in [0.2, 0.25) is 0 Å². The van der Waals surface area contributed by atoms with E-state index < -0.39 is 17.4 Å². The van der Waals surface area contributed by atoms with Crippen LogP contribution in [0, 0.1) is 5.92 Å². The average Bonchev–Trinajstić information content (AvgIpc) is 2.75. The molecular formula is C15H24SiZr. The quantitative estimate of drug-likeness (QED) is 0.673. The van der Waals surface area contributed by atoms with Crippen LogP contribution in [0.25, 0.3) is 0 Å². The van der Waals surface area contributed by atoms with Gasteiger partial charge in [0, 0.05) is 0 Å². The topological polar surface area (TPSA) is 0 Å². The Morgan fingerprint density at radius 1 is 1.29 bits per heavy atom. The molecule has 0 aromatic rings. The predicted octanol–water partition coefficient (Wildman–Crippen LogP) is 4.03. The van der Waals surface area contributed by atoms with Crippen LogP contribution in [0.3, 0.4) is 0 Å². The zero-order valence-electron chi connectivity index (χ0n) is 11.8. The van der Waals surface area contributed by atoms with Gasteiger partial charge in [-0.2, -0.15) is 0 Å². The Balaban J connectivity index is 2.58. The van der Waals surface area contributed by atoms with E-state index >= 15 is 0 Å². The fraction of sp³-hybridized carbons (Fsp3) is 0.467. The zero-order valence-corrected chi connectivity index (χ0v) is 15.7. The summed E-state index contributed by atoms with van der Waals surface area (Å²) in [6.07, 6.45) is 10.6. The molecule has 0 N–H and O–H groups in total. The van der Waals surface area contributed by atoms with Gasteiger partial charge in [-0.3, -0.25) is 0 Å². The minimum absolute atomic E-state index is 0.662. The Bertz CT molecular complexity index is 549. The molecule has 0 saturated carbocycles. The standard InChI is InChI=1S/C8H11.C5H5.2CH3.H2Si.Zr/c1-6-4-7(2)8(3)5-6;1-2-4-5-3-1;;;;/h4,6H,1-3H3;1-3H,4H2;2*1H3;1H2;. The van der Waals surface area contributed by atoms with E-state index in [-0.39, 0.29) is 0 Å². The summed E-state index contributed by atoms with van der Waals surface area (Å²) >= 11 is -2.82. The normalized spacial score (nSPS) is 25.4. The Labute approximate surface area is 108 Å². The summed E-state index contributed by atoms with van der Waals surface area (Å²) in [5.41, 5.74) is 3.10. The van der Waals surface area contributed by atoms with E-state index in [1.165, 1.54) is 12.0 Å². The molecule has 0 aromatic carbocycles. The molecule has 0 heterocycles. The predicted molar refractivity (Wildman–Crippen MR) is 77.7 cm³/mol. The summed E-state index contributed by atoms with van der Waals surface area (Å²) in [5, 5.41) is 0. The van der Waals surface area contributed by atoms with Gasteiger partial charge in [0.25, 0.3) is 0 Å². The molecule has 2 aliphatic carbocycles. The average molecular weight is 324 g/mol. The van der Waals surface area contributed by atoms with Gasteiger partial charge in [0.15, 0.2) is 0 Å². The molecule has 0 aliphatic heterocycles. The number of hydrogen-bond donors (Lipinski definition) is 0. The molecule has 2 rings (SSSR count). The molecule has 0 saturated heterocycles. The molecule has 2 heteroatoms. The summed E-state index contributed by atoms with van der Waals surface area (Å²) in [6.45, 7) is 9.34. The van der Waals surface area contributed by atoms with Crippen LogP contribution in [-0.4, -0.2) is 6.88 Å². The van der Waals surface area contributed by atoms with E-state index in [9.17, 15) is 0 Å². The molecule has 1 unspecified atom stereocenters. The second-order valence-electron chi connectivity index (χ2n) is 6.69. The van der Waals surface area contributed by atoms with Crippen molar-refractivity contribution in [3.05, 3.63) is 42.0 Å². The van der Waals surface area contributed by atoms with E-state index in [1.807, 2.05) is 3.28 Å². The SMILES string of the molecule is CC1=CC(C)[C]([Zr]([CH3])([CH3])(=[SiH2])[C]2=CC=CC2)=C1C. The van der Waals surface area contributed by atoms with Gasteiger partial charge in [0.05, 0.1) is 0 Å². The Morgan fingerprint density at radius 2 is 1.94 bits per heavy atom. The Kier molecular flexibility index (Phi) is 3.20. The first kappa shape index (κ1) is 13.5. The first-order valence-corrected chi connectivity index (χ1v) is 19.9. The molecule has 0 spiro atoms. The number of allylic oxidation sites excluding steroid dienone is 8. The van der Waals surface area contributed by atoms with Crippen molar-refractivity contribution < 1.29 is 17.4 Å². The molecule has 0 bridgehead atoms. The van der Waals surface area contributed by atoms with E-state index in [4.69, 9.17) is 0 Å². The molecule has 0 nitrogen and oxygen atoms in total. The zero-order chi connectivity index (χ0) is 12.9. The van der Waals surface area contributed by atoms with Gasteiger partial charge in [-0.1, -0.05) is 0 Å². The molecule has 0 amide bonds.